The van der Waals surface area contributed by atoms with Gasteiger partial charge in [0.05, 0.1) is 11.3 Å². The summed E-state index contributed by atoms with van der Waals surface area (Å²) in [6, 6.07) is 1.02. The van der Waals surface area contributed by atoms with E-state index in [2.05, 4.69) is 4.98 Å². The van der Waals surface area contributed by atoms with Gasteiger partial charge < -0.3 is 11.5 Å². The van der Waals surface area contributed by atoms with Crippen LogP contribution in [0, 0.1) is 0 Å². The van der Waals surface area contributed by atoms with Crippen LogP contribution in [0.5, 0.6) is 0 Å². The van der Waals surface area contributed by atoms with Crippen molar-refractivity contribution in [2.75, 3.05) is 0 Å². The molecule has 0 saturated carbocycles. The van der Waals surface area contributed by atoms with Crippen molar-refractivity contribution in [3.8, 4) is 0 Å². The van der Waals surface area contributed by atoms with Gasteiger partial charge in [0.1, 0.15) is 0 Å². The Morgan fingerprint density at radius 2 is 2.21 bits per heavy atom. The van der Waals surface area contributed by atoms with Crippen molar-refractivity contribution in [1.82, 2.24) is 4.98 Å². The summed E-state index contributed by atoms with van der Waals surface area (Å²) in [5.74, 6) is -0.805. The number of alkyl halides is 2. The second-order valence-electron chi connectivity index (χ2n) is 2.63. The number of carbonyl (C=O) groups is 1. The monoisotopic (exact) mass is 201 g/mol. The summed E-state index contributed by atoms with van der Waals surface area (Å²) < 4.78 is 24.4. The summed E-state index contributed by atoms with van der Waals surface area (Å²) in [7, 11) is 0. The molecule has 0 aliphatic carbocycles. The molecule has 0 aliphatic rings. The van der Waals surface area contributed by atoms with Crippen molar-refractivity contribution >= 4 is 5.91 Å². The molecule has 0 radical (unpaired) electrons. The summed E-state index contributed by atoms with van der Waals surface area (Å²) in [5.41, 5.74) is 10.1. The fourth-order valence-electron chi connectivity index (χ4n) is 1.00. The molecule has 4 N–H and O–H groups in total. The van der Waals surface area contributed by atoms with Crippen molar-refractivity contribution < 1.29 is 13.6 Å². The summed E-state index contributed by atoms with van der Waals surface area (Å²) in [6.45, 7) is -0.0121. The van der Waals surface area contributed by atoms with Crippen LogP contribution in [0.4, 0.5) is 8.78 Å². The number of rotatable bonds is 3. The third kappa shape index (κ3) is 2.02. The maximum absolute atomic E-state index is 12.2. The predicted octanol–water partition coefficient (Wildman–Crippen LogP) is 0.577. The van der Waals surface area contributed by atoms with Gasteiger partial charge in [-0.15, -0.1) is 0 Å². The molecule has 1 amide bonds. The number of hydrogen-bond donors (Lipinski definition) is 2. The first-order chi connectivity index (χ1) is 6.56. The van der Waals surface area contributed by atoms with E-state index in [1.165, 1.54) is 0 Å². The number of pyridine rings is 1. The van der Waals surface area contributed by atoms with E-state index in [0.29, 0.717) is 0 Å². The maximum atomic E-state index is 12.2. The number of halogens is 2. The van der Waals surface area contributed by atoms with Crippen molar-refractivity contribution in [1.29, 1.82) is 0 Å². The number of nitrogens with two attached hydrogens (primary N) is 2. The summed E-state index contributed by atoms with van der Waals surface area (Å²) in [6.07, 6.45) is -1.69. The molecule has 1 heterocycles. The Morgan fingerprint density at radius 3 is 2.64 bits per heavy atom. The minimum atomic E-state index is -2.67. The Morgan fingerprint density at radius 1 is 1.57 bits per heavy atom. The van der Waals surface area contributed by atoms with Gasteiger partial charge in [0.25, 0.3) is 12.3 Å². The van der Waals surface area contributed by atoms with E-state index in [4.69, 9.17) is 11.5 Å². The van der Waals surface area contributed by atoms with Crippen LogP contribution < -0.4 is 11.5 Å². The average molecular weight is 201 g/mol. The largest absolute Gasteiger partial charge is 0.366 e. The summed E-state index contributed by atoms with van der Waals surface area (Å²) in [4.78, 5) is 14.5. The lowest BCUT2D eigenvalue weighted by molar-refractivity contribution is 0.0998. The van der Waals surface area contributed by atoms with Crippen molar-refractivity contribution in [3.63, 3.8) is 0 Å². The molecule has 0 bridgehead atoms. The van der Waals surface area contributed by atoms with Gasteiger partial charge in [-0.3, -0.25) is 9.78 Å². The SMILES string of the molecule is NCc1ncc(C(F)F)cc1C(N)=O. The molecule has 76 valence electrons. The molecule has 0 aromatic carbocycles. The molecular formula is C8H9F2N3O. The van der Waals surface area contributed by atoms with E-state index < -0.39 is 12.3 Å². The van der Waals surface area contributed by atoms with Crippen LogP contribution in [0.3, 0.4) is 0 Å². The van der Waals surface area contributed by atoms with E-state index in [1.54, 1.807) is 0 Å². The zero-order chi connectivity index (χ0) is 10.7. The molecule has 1 aromatic rings. The topological polar surface area (TPSA) is 82.0 Å². The summed E-state index contributed by atoms with van der Waals surface area (Å²) in [5, 5.41) is 0. The second kappa shape index (κ2) is 4.10. The third-order valence-electron chi connectivity index (χ3n) is 1.70. The van der Waals surface area contributed by atoms with Gasteiger partial charge in [-0.1, -0.05) is 0 Å². The van der Waals surface area contributed by atoms with Gasteiger partial charge in [0.15, 0.2) is 0 Å². The molecule has 0 saturated heterocycles. The molecule has 0 spiro atoms. The van der Waals surface area contributed by atoms with Crippen molar-refractivity contribution in [3.05, 3.63) is 29.1 Å². The quantitative estimate of drug-likeness (QED) is 0.750. The number of primary amides is 1. The third-order valence-corrected chi connectivity index (χ3v) is 1.70. The van der Waals surface area contributed by atoms with E-state index >= 15 is 0 Å². The minimum absolute atomic E-state index is 0.0121. The molecule has 4 nitrogen and oxygen atoms in total. The molecule has 1 aromatic heterocycles. The van der Waals surface area contributed by atoms with Crippen LogP contribution in [0.15, 0.2) is 12.3 Å². The average Bonchev–Trinajstić information content (AvgIpc) is 2.16. The number of hydrogen-bond acceptors (Lipinski definition) is 3. The molecule has 14 heavy (non-hydrogen) atoms. The first-order valence-electron chi connectivity index (χ1n) is 3.83. The fraction of sp³-hybridized carbons (Fsp3) is 0.250. The van der Waals surface area contributed by atoms with E-state index in [1.807, 2.05) is 0 Å². The Bertz CT molecular complexity index is 354. The number of aromatic nitrogens is 1. The number of amides is 1. The van der Waals surface area contributed by atoms with Crippen molar-refractivity contribution in [2.45, 2.75) is 13.0 Å². The van der Waals surface area contributed by atoms with E-state index in [9.17, 15) is 13.6 Å². The highest BCUT2D eigenvalue weighted by molar-refractivity contribution is 5.94. The zero-order valence-corrected chi connectivity index (χ0v) is 7.21. The molecule has 0 aliphatic heterocycles. The predicted molar refractivity (Wildman–Crippen MR) is 45.6 cm³/mol. The molecule has 0 fully saturated rings. The van der Waals surface area contributed by atoms with Gasteiger partial charge in [0.2, 0.25) is 0 Å². The summed E-state index contributed by atoms with van der Waals surface area (Å²) >= 11 is 0. The van der Waals surface area contributed by atoms with E-state index in [-0.39, 0.29) is 23.4 Å². The van der Waals surface area contributed by atoms with Crippen molar-refractivity contribution in [2.24, 2.45) is 11.5 Å². The lowest BCUT2D eigenvalue weighted by Gasteiger charge is -2.05. The Balaban J connectivity index is 3.21. The second-order valence-corrected chi connectivity index (χ2v) is 2.63. The molecular weight excluding hydrogens is 192 g/mol. The smallest absolute Gasteiger partial charge is 0.265 e. The zero-order valence-electron chi connectivity index (χ0n) is 7.21. The highest BCUT2D eigenvalue weighted by Gasteiger charge is 2.14. The van der Waals surface area contributed by atoms with Gasteiger partial charge in [-0.25, -0.2) is 8.78 Å². The van der Waals surface area contributed by atoms with Crippen LogP contribution in [0.25, 0.3) is 0 Å². The van der Waals surface area contributed by atoms with E-state index in [0.717, 1.165) is 12.3 Å². The highest BCUT2D eigenvalue weighted by Crippen LogP contribution is 2.19. The maximum Gasteiger partial charge on any atom is 0.265 e. The molecule has 0 unspecified atom stereocenters. The number of nitrogens with zero attached hydrogens (tertiary/aromatic N) is 1. The van der Waals surface area contributed by atoms with Gasteiger partial charge >= 0.3 is 0 Å². The van der Waals surface area contributed by atoms with Gasteiger partial charge in [-0.05, 0) is 6.07 Å². The molecule has 6 heteroatoms. The lowest BCUT2D eigenvalue weighted by Crippen LogP contribution is -2.17. The van der Waals surface area contributed by atoms with Crippen LogP contribution in [0.1, 0.15) is 28.0 Å². The number of carbonyl (C=O) groups excluding carboxylic acids is 1. The lowest BCUT2D eigenvalue weighted by atomic mass is 10.1. The highest BCUT2D eigenvalue weighted by atomic mass is 19.3. The van der Waals surface area contributed by atoms with Crippen LogP contribution in [-0.4, -0.2) is 10.9 Å². The fourth-order valence-corrected chi connectivity index (χ4v) is 1.00. The van der Waals surface area contributed by atoms with Crippen LogP contribution >= 0.6 is 0 Å². The molecule has 1 rings (SSSR count). The van der Waals surface area contributed by atoms with Crippen LogP contribution in [-0.2, 0) is 6.54 Å². The normalized spacial score (nSPS) is 10.6. The standard InChI is InChI=1S/C8H9F2N3O/c9-7(10)4-1-5(8(12)14)6(2-11)13-3-4/h1,3,7H,2,11H2,(H2,12,14). The molecule has 0 atom stereocenters. The van der Waals surface area contributed by atoms with Gasteiger partial charge in [-0.2, -0.15) is 0 Å². The minimum Gasteiger partial charge on any atom is -0.366 e. The Labute approximate surface area is 78.9 Å². The first-order valence-corrected chi connectivity index (χ1v) is 3.83. The Hall–Kier alpha value is -1.56. The van der Waals surface area contributed by atoms with Gasteiger partial charge in [0, 0.05) is 18.3 Å². The van der Waals surface area contributed by atoms with Crippen LogP contribution in [0.2, 0.25) is 0 Å². The Kier molecular flexibility index (Phi) is 3.08. The first kappa shape index (κ1) is 10.5.